The molecular weight excluding hydrogens is 246 g/mol. The number of hydrogen-bond acceptors (Lipinski definition) is 2. The molecule has 0 aliphatic heterocycles. The van der Waals surface area contributed by atoms with Gasteiger partial charge in [-0.15, -0.1) is 0 Å². The Kier molecular flexibility index (Phi) is 3.77. The van der Waals surface area contributed by atoms with Crippen molar-refractivity contribution < 1.29 is 0 Å². The SMILES string of the molecule is Cc1ccc(-n2cc(C)nc2NC2CCCCC2)cc1. The molecule has 20 heavy (non-hydrogen) atoms. The van der Waals surface area contributed by atoms with Crippen LogP contribution in [0.1, 0.15) is 43.4 Å². The minimum absolute atomic E-state index is 0.578. The van der Waals surface area contributed by atoms with E-state index >= 15 is 0 Å². The quantitative estimate of drug-likeness (QED) is 0.903. The molecule has 0 amide bonds. The molecule has 3 rings (SSSR count). The van der Waals surface area contributed by atoms with Gasteiger partial charge in [0.05, 0.1) is 5.69 Å². The van der Waals surface area contributed by atoms with Gasteiger partial charge in [-0.1, -0.05) is 37.0 Å². The average Bonchev–Trinajstić information content (AvgIpc) is 2.81. The van der Waals surface area contributed by atoms with E-state index in [4.69, 9.17) is 0 Å². The number of hydrogen-bond donors (Lipinski definition) is 1. The van der Waals surface area contributed by atoms with Crippen molar-refractivity contribution in [1.82, 2.24) is 9.55 Å². The topological polar surface area (TPSA) is 29.9 Å². The first-order valence-electron chi connectivity index (χ1n) is 7.62. The zero-order valence-electron chi connectivity index (χ0n) is 12.4. The highest BCUT2D eigenvalue weighted by Gasteiger charge is 2.16. The Bertz CT molecular complexity index is 562. The number of nitrogens with zero attached hydrogens (tertiary/aromatic N) is 2. The van der Waals surface area contributed by atoms with Crippen molar-refractivity contribution in [3.63, 3.8) is 0 Å². The van der Waals surface area contributed by atoms with Crippen molar-refractivity contribution in [1.29, 1.82) is 0 Å². The Morgan fingerprint density at radius 1 is 1.05 bits per heavy atom. The first kappa shape index (κ1) is 13.2. The molecule has 2 aromatic rings. The van der Waals surface area contributed by atoms with E-state index in [9.17, 15) is 0 Å². The molecular formula is C17H23N3. The summed E-state index contributed by atoms with van der Waals surface area (Å²) in [5.74, 6) is 0.984. The number of benzene rings is 1. The van der Waals surface area contributed by atoms with Crippen molar-refractivity contribution in [3.05, 3.63) is 41.7 Å². The van der Waals surface area contributed by atoms with Crippen LogP contribution in [0.5, 0.6) is 0 Å². The van der Waals surface area contributed by atoms with Gasteiger partial charge in [-0.2, -0.15) is 0 Å². The number of imidazole rings is 1. The molecule has 1 aromatic carbocycles. The molecule has 1 heterocycles. The van der Waals surface area contributed by atoms with Gasteiger partial charge >= 0.3 is 0 Å². The highest BCUT2D eigenvalue weighted by Crippen LogP contribution is 2.23. The maximum atomic E-state index is 4.66. The van der Waals surface area contributed by atoms with Crippen LogP contribution >= 0.6 is 0 Å². The van der Waals surface area contributed by atoms with E-state index in [0.717, 1.165) is 11.6 Å². The number of rotatable bonds is 3. The van der Waals surface area contributed by atoms with Crippen LogP contribution < -0.4 is 5.32 Å². The van der Waals surface area contributed by atoms with E-state index < -0.39 is 0 Å². The van der Waals surface area contributed by atoms with Crippen molar-refractivity contribution >= 4 is 5.95 Å². The fraction of sp³-hybridized carbons (Fsp3) is 0.471. The number of aromatic nitrogens is 2. The molecule has 0 unspecified atom stereocenters. The molecule has 0 atom stereocenters. The van der Waals surface area contributed by atoms with Gasteiger partial charge in [0.15, 0.2) is 0 Å². The average molecular weight is 269 g/mol. The molecule has 0 bridgehead atoms. The van der Waals surface area contributed by atoms with Crippen LogP contribution in [-0.2, 0) is 0 Å². The number of anilines is 1. The summed E-state index contributed by atoms with van der Waals surface area (Å²) in [6, 6.07) is 9.18. The van der Waals surface area contributed by atoms with E-state index in [-0.39, 0.29) is 0 Å². The van der Waals surface area contributed by atoms with Gasteiger partial charge in [-0.25, -0.2) is 4.98 Å². The lowest BCUT2D eigenvalue weighted by Gasteiger charge is -2.23. The van der Waals surface area contributed by atoms with Crippen LogP contribution in [0.4, 0.5) is 5.95 Å². The summed E-state index contributed by atoms with van der Waals surface area (Å²) in [7, 11) is 0. The van der Waals surface area contributed by atoms with Crippen LogP contribution in [0.25, 0.3) is 5.69 Å². The second-order valence-corrected chi connectivity index (χ2v) is 5.89. The van der Waals surface area contributed by atoms with Crippen LogP contribution in [0.2, 0.25) is 0 Å². The summed E-state index contributed by atoms with van der Waals surface area (Å²) in [5, 5.41) is 3.64. The molecule has 0 spiro atoms. The van der Waals surface area contributed by atoms with Gasteiger partial charge in [0.1, 0.15) is 0 Å². The van der Waals surface area contributed by atoms with Gasteiger partial charge < -0.3 is 5.32 Å². The minimum Gasteiger partial charge on any atom is -0.353 e. The lowest BCUT2D eigenvalue weighted by Crippen LogP contribution is -2.24. The molecule has 0 radical (unpaired) electrons. The summed E-state index contributed by atoms with van der Waals surface area (Å²) < 4.78 is 2.17. The fourth-order valence-corrected chi connectivity index (χ4v) is 2.93. The number of nitrogens with one attached hydrogen (secondary N) is 1. The Balaban J connectivity index is 1.85. The Morgan fingerprint density at radius 2 is 1.75 bits per heavy atom. The summed E-state index contributed by atoms with van der Waals surface area (Å²) in [6.07, 6.45) is 8.68. The standard InChI is InChI=1S/C17H23N3/c1-13-8-10-16(11-9-13)20-12-14(2)18-17(20)19-15-6-4-3-5-7-15/h8-12,15H,3-7H2,1-2H3,(H,18,19). The predicted octanol–water partition coefficient (Wildman–Crippen LogP) is 4.23. The smallest absolute Gasteiger partial charge is 0.207 e. The summed E-state index contributed by atoms with van der Waals surface area (Å²) in [4.78, 5) is 4.66. The van der Waals surface area contributed by atoms with Crippen LogP contribution in [-0.4, -0.2) is 15.6 Å². The lowest BCUT2D eigenvalue weighted by atomic mass is 9.96. The fourth-order valence-electron chi connectivity index (χ4n) is 2.93. The summed E-state index contributed by atoms with van der Waals surface area (Å²) in [5.41, 5.74) is 3.52. The van der Waals surface area contributed by atoms with Gasteiger partial charge in [0.2, 0.25) is 5.95 Å². The maximum Gasteiger partial charge on any atom is 0.207 e. The molecule has 3 nitrogen and oxygen atoms in total. The molecule has 1 aromatic heterocycles. The molecule has 1 aliphatic rings. The first-order chi connectivity index (χ1) is 9.72. The summed E-state index contributed by atoms with van der Waals surface area (Å²) in [6.45, 7) is 4.17. The maximum absolute atomic E-state index is 4.66. The largest absolute Gasteiger partial charge is 0.353 e. The van der Waals surface area contributed by atoms with E-state index in [1.807, 2.05) is 0 Å². The van der Waals surface area contributed by atoms with Gasteiger partial charge in [-0.05, 0) is 38.8 Å². The second kappa shape index (κ2) is 5.70. The highest BCUT2D eigenvalue weighted by atomic mass is 15.2. The van der Waals surface area contributed by atoms with Crippen molar-refractivity contribution in [2.45, 2.75) is 52.0 Å². The van der Waals surface area contributed by atoms with Crippen LogP contribution in [0.15, 0.2) is 30.5 Å². The van der Waals surface area contributed by atoms with Crippen LogP contribution in [0, 0.1) is 13.8 Å². The van der Waals surface area contributed by atoms with E-state index in [1.165, 1.54) is 43.4 Å². The third kappa shape index (κ3) is 2.87. The molecule has 0 saturated heterocycles. The van der Waals surface area contributed by atoms with Gasteiger partial charge in [0, 0.05) is 17.9 Å². The second-order valence-electron chi connectivity index (χ2n) is 5.89. The van der Waals surface area contributed by atoms with Crippen molar-refractivity contribution in [2.75, 3.05) is 5.32 Å². The molecule has 1 saturated carbocycles. The monoisotopic (exact) mass is 269 g/mol. The number of aryl methyl sites for hydroxylation is 2. The van der Waals surface area contributed by atoms with Gasteiger partial charge in [-0.3, -0.25) is 4.57 Å². The van der Waals surface area contributed by atoms with E-state index in [1.54, 1.807) is 0 Å². The highest BCUT2D eigenvalue weighted by molar-refractivity contribution is 5.44. The van der Waals surface area contributed by atoms with Crippen molar-refractivity contribution in [2.24, 2.45) is 0 Å². The Hall–Kier alpha value is -1.77. The molecule has 1 N–H and O–H groups in total. The summed E-state index contributed by atoms with van der Waals surface area (Å²) >= 11 is 0. The predicted molar refractivity (Wildman–Crippen MR) is 83.5 cm³/mol. The minimum atomic E-state index is 0.578. The third-order valence-corrected chi connectivity index (χ3v) is 4.08. The van der Waals surface area contributed by atoms with Crippen molar-refractivity contribution in [3.8, 4) is 5.69 Å². The molecule has 1 fully saturated rings. The molecule has 106 valence electrons. The van der Waals surface area contributed by atoms with E-state index in [0.29, 0.717) is 6.04 Å². The normalized spacial score (nSPS) is 16.3. The zero-order valence-corrected chi connectivity index (χ0v) is 12.4. The van der Waals surface area contributed by atoms with E-state index in [2.05, 4.69) is 59.2 Å². The Morgan fingerprint density at radius 3 is 2.45 bits per heavy atom. The van der Waals surface area contributed by atoms with Gasteiger partial charge in [0.25, 0.3) is 0 Å². The molecule has 1 aliphatic carbocycles. The zero-order chi connectivity index (χ0) is 13.9. The van der Waals surface area contributed by atoms with Crippen LogP contribution in [0.3, 0.4) is 0 Å². The lowest BCUT2D eigenvalue weighted by molar-refractivity contribution is 0.460. The Labute approximate surface area is 121 Å². The third-order valence-electron chi connectivity index (χ3n) is 4.08. The first-order valence-corrected chi connectivity index (χ1v) is 7.62. The molecule has 3 heteroatoms.